The molecule has 7 nitrogen and oxygen atoms in total. The van der Waals surface area contributed by atoms with Crippen LogP contribution < -0.4 is 5.32 Å². The van der Waals surface area contributed by atoms with Gasteiger partial charge in [-0.2, -0.15) is 0 Å². The molecule has 3 aliphatic heterocycles. The molecule has 0 spiro atoms. The van der Waals surface area contributed by atoms with Gasteiger partial charge in [-0.15, -0.1) is 0 Å². The molecule has 0 radical (unpaired) electrons. The summed E-state index contributed by atoms with van der Waals surface area (Å²) in [5.41, 5.74) is 0.838. The number of ether oxygens (including phenoxy) is 5. The highest BCUT2D eigenvalue weighted by atomic mass is 19.1. The normalized spacial score (nSPS) is 36.1. The molecule has 1 N–H and O–H groups in total. The maximum Gasteiger partial charge on any atom is 0.256 e. The lowest BCUT2D eigenvalue weighted by molar-refractivity contribution is -0.229. The van der Waals surface area contributed by atoms with Gasteiger partial charge in [0.15, 0.2) is 24.0 Å². The number of hydrogen-bond donors (Lipinski definition) is 1. The van der Waals surface area contributed by atoms with Crippen LogP contribution in [-0.2, 0) is 28.5 Å². The number of benzene rings is 1. The zero-order valence-corrected chi connectivity index (χ0v) is 15.9. The fraction of sp³-hybridized carbons (Fsp3) is 0.632. The van der Waals surface area contributed by atoms with Crippen molar-refractivity contribution in [3.05, 3.63) is 29.6 Å². The first kappa shape index (κ1) is 18.8. The minimum Gasteiger partial charge on any atom is -0.342 e. The molecule has 0 unspecified atom stereocenters. The van der Waals surface area contributed by atoms with Crippen LogP contribution in [0.15, 0.2) is 18.2 Å². The lowest BCUT2D eigenvalue weighted by Crippen LogP contribution is -2.58. The molecule has 1 aromatic carbocycles. The van der Waals surface area contributed by atoms with Crippen molar-refractivity contribution in [2.24, 2.45) is 0 Å². The van der Waals surface area contributed by atoms with Gasteiger partial charge in [0, 0.05) is 5.69 Å². The van der Waals surface area contributed by atoms with E-state index in [1.165, 1.54) is 6.07 Å². The Balaban J connectivity index is 1.57. The molecular weight excluding hydrogens is 357 g/mol. The Morgan fingerprint density at radius 1 is 1.00 bits per heavy atom. The molecule has 8 heteroatoms. The summed E-state index contributed by atoms with van der Waals surface area (Å²) >= 11 is 0. The predicted octanol–water partition coefficient (Wildman–Crippen LogP) is 2.47. The third-order valence-electron chi connectivity index (χ3n) is 4.85. The number of hydrogen-bond acceptors (Lipinski definition) is 6. The van der Waals surface area contributed by atoms with E-state index in [0.717, 1.165) is 0 Å². The van der Waals surface area contributed by atoms with Gasteiger partial charge in [0.1, 0.15) is 24.1 Å². The summed E-state index contributed by atoms with van der Waals surface area (Å²) in [5.74, 6) is -2.60. The first-order valence-corrected chi connectivity index (χ1v) is 8.98. The van der Waals surface area contributed by atoms with E-state index in [9.17, 15) is 9.18 Å². The third kappa shape index (κ3) is 3.48. The van der Waals surface area contributed by atoms with Crippen molar-refractivity contribution in [1.29, 1.82) is 0 Å². The van der Waals surface area contributed by atoms with E-state index in [0.29, 0.717) is 11.3 Å². The number of nitrogens with one attached hydrogen (secondary N) is 1. The number of halogens is 1. The van der Waals surface area contributed by atoms with Gasteiger partial charge < -0.3 is 29.0 Å². The van der Waals surface area contributed by atoms with Crippen LogP contribution in [0.5, 0.6) is 0 Å². The zero-order valence-electron chi connectivity index (χ0n) is 15.9. The summed E-state index contributed by atoms with van der Waals surface area (Å²) < 4.78 is 43.2. The van der Waals surface area contributed by atoms with Crippen LogP contribution in [0.25, 0.3) is 0 Å². The Labute approximate surface area is 157 Å². The maximum absolute atomic E-state index is 13.8. The zero-order chi connectivity index (χ0) is 19.6. The number of fused-ring (bicyclic) bond motifs is 3. The third-order valence-corrected chi connectivity index (χ3v) is 4.85. The van der Waals surface area contributed by atoms with Crippen LogP contribution in [-0.4, -0.2) is 48.2 Å². The van der Waals surface area contributed by atoms with Gasteiger partial charge in [-0.3, -0.25) is 4.79 Å². The average Bonchev–Trinajstić information content (AvgIpc) is 3.04. The monoisotopic (exact) mass is 381 g/mol. The molecule has 3 saturated heterocycles. The van der Waals surface area contributed by atoms with Crippen LogP contribution in [0, 0.1) is 12.7 Å². The van der Waals surface area contributed by atoms with Crippen LogP contribution in [0.1, 0.15) is 33.3 Å². The van der Waals surface area contributed by atoms with E-state index in [2.05, 4.69) is 5.32 Å². The van der Waals surface area contributed by atoms with Gasteiger partial charge in [0.05, 0.1) is 0 Å². The molecule has 148 valence electrons. The van der Waals surface area contributed by atoms with Gasteiger partial charge in [-0.1, -0.05) is 6.07 Å². The second kappa shape index (κ2) is 6.22. The quantitative estimate of drug-likeness (QED) is 0.848. The highest BCUT2D eigenvalue weighted by Gasteiger charge is 2.62. The van der Waals surface area contributed by atoms with Crippen molar-refractivity contribution >= 4 is 11.6 Å². The van der Waals surface area contributed by atoms with Gasteiger partial charge in [0.2, 0.25) is 0 Å². The molecule has 0 aromatic heterocycles. The van der Waals surface area contributed by atoms with E-state index in [1.807, 2.05) is 0 Å². The topological polar surface area (TPSA) is 75.3 Å². The smallest absolute Gasteiger partial charge is 0.256 e. The van der Waals surface area contributed by atoms with Crippen molar-refractivity contribution in [2.75, 3.05) is 5.32 Å². The van der Waals surface area contributed by atoms with E-state index in [1.54, 1.807) is 46.8 Å². The van der Waals surface area contributed by atoms with E-state index >= 15 is 0 Å². The Kier molecular flexibility index (Phi) is 4.32. The second-order valence-corrected chi connectivity index (χ2v) is 8.04. The fourth-order valence-corrected chi connectivity index (χ4v) is 3.71. The lowest BCUT2D eigenvalue weighted by atomic mass is 9.98. The molecule has 5 atom stereocenters. The first-order chi connectivity index (χ1) is 12.5. The van der Waals surface area contributed by atoms with Crippen LogP contribution >= 0.6 is 0 Å². The van der Waals surface area contributed by atoms with E-state index < -0.39 is 54.0 Å². The van der Waals surface area contributed by atoms with Crippen LogP contribution in [0.2, 0.25) is 0 Å². The van der Waals surface area contributed by atoms with Crippen molar-refractivity contribution in [2.45, 2.75) is 76.9 Å². The van der Waals surface area contributed by atoms with Crippen molar-refractivity contribution in [1.82, 2.24) is 0 Å². The molecule has 0 bridgehead atoms. The number of aryl methyl sites for hydroxylation is 1. The highest BCUT2D eigenvalue weighted by Crippen LogP contribution is 2.44. The fourth-order valence-electron chi connectivity index (χ4n) is 3.71. The van der Waals surface area contributed by atoms with Crippen LogP contribution in [0.3, 0.4) is 0 Å². The summed E-state index contributed by atoms with van der Waals surface area (Å²) in [6, 6.07) is 4.50. The molecule has 0 saturated carbocycles. The molecule has 0 aliphatic carbocycles. The average molecular weight is 381 g/mol. The summed E-state index contributed by atoms with van der Waals surface area (Å²) in [4.78, 5) is 12.9. The Bertz CT molecular complexity index is 767. The Hall–Kier alpha value is -1.58. The van der Waals surface area contributed by atoms with Crippen molar-refractivity contribution in [3.8, 4) is 0 Å². The number of rotatable bonds is 2. The Morgan fingerprint density at radius 2 is 1.63 bits per heavy atom. The standard InChI is InChI=1S/C19H24FNO6/c1-9-6-7-10(8-11(9)20)21-16(22)14-12-13(25-18(2,3)24-12)15-17(23-14)27-19(4,5)26-15/h6-8,12-15,17H,1-5H3,(H,21,22)/t12-,13+,14+,15-,17+/m1/s1. The molecule has 3 aliphatic rings. The summed E-state index contributed by atoms with van der Waals surface area (Å²) in [5, 5.41) is 2.68. The van der Waals surface area contributed by atoms with E-state index in [4.69, 9.17) is 23.7 Å². The van der Waals surface area contributed by atoms with Gasteiger partial charge >= 0.3 is 0 Å². The summed E-state index contributed by atoms with van der Waals surface area (Å²) in [7, 11) is 0. The minimum absolute atomic E-state index is 0.340. The summed E-state index contributed by atoms with van der Waals surface area (Å²) in [6.07, 6.45) is -3.45. The molecule has 3 fully saturated rings. The van der Waals surface area contributed by atoms with E-state index in [-0.39, 0.29) is 0 Å². The minimum atomic E-state index is -0.986. The molecular formula is C19H24FNO6. The molecule has 4 rings (SSSR count). The van der Waals surface area contributed by atoms with Gasteiger partial charge in [-0.25, -0.2) is 4.39 Å². The van der Waals surface area contributed by atoms with Gasteiger partial charge in [-0.05, 0) is 52.3 Å². The molecule has 1 aromatic rings. The number of carbonyl (C=O) groups is 1. The molecule has 1 amide bonds. The summed E-state index contributed by atoms with van der Waals surface area (Å²) in [6.45, 7) is 8.74. The van der Waals surface area contributed by atoms with Crippen molar-refractivity contribution in [3.63, 3.8) is 0 Å². The number of carbonyl (C=O) groups excluding carboxylic acids is 1. The maximum atomic E-state index is 13.8. The second-order valence-electron chi connectivity index (χ2n) is 8.04. The highest BCUT2D eigenvalue weighted by molar-refractivity contribution is 5.94. The predicted molar refractivity (Wildman–Crippen MR) is 92.3 cm³/mol. The Morgan fingerprint density at radius 3 is 2.33 bits per heavy atom. The largest absolute Gasteiger partial charge is 0.342 e. The number of anilines is 1. The van der Waals surface area contributed by atoms with Crippen molar-refractivity contribution < 1.29 is 32.9 Å². The SMILES string of the molecule is Cc1ccc(NC(=O)[C@H]2O[C@H]3OC(C)(C)O[C@@H]3[C@H]3OC(C)(C)O[C@H]32)cc1F. The first-order valence-electron chi connectivity index (χ1n) is 8.98. The molecule has 27 heavy (non-hydrogen) atoms. The molecule has 3 heterocycles. The number of amides is 1. The van der Waals surface area contributed by atoms with Gasteiger partial charge in [0.25, 0.3) is 5.91 Å². The lowest BCUT2D eigenvalue weighted by Gasteiger charge is -2.36. The van der Waals surface area contributed by atoms with Crippen LogP contribution in [0.4, 0.5) is 10.1 Å².